The Hall–Kier alpha value is -1.83. The maximum absolute atomic E-state index is 12.7. The minimum absolute atomic E-state index is 0.0140. The van der Waals surface area contributed by atoms with Gasteiger partial charge in [-0.25, -0.2) is 4.98 Å². The van der Waals surface area contributed by atoms with Crippen LogP contribution in [0.4, 0.5) is 0 Å². The van der Waals surface area contributed by atoms with Crippen molar-refractivity contribution in [3.05, 3.63) is 46.7 Å². The topological polar surface area (TPSA) is 64.6 Å². The molecule has 0 saturated carbocycles. The van der Waals surface area contributed by atoms with Gasteiger partial charge >= 0.3 is 0 Å². The summed E-state index contributed by atoms with van der Waals surface area (Å²) in [5.74, 6) is 0.0140. The van der Waals surface area contributed by atoms with Crippen molar-refractivity contribution in [1.82, 2.24) is 14.9 Å². The van der Waals surface area contributed by atoms with Gasteiger partial charge in [-0.15, -0.1) is 11.3 Å². The summed E-state index contributed by atoms with van der Waals surface area (Å²) >= 11 is 1.45. The highest BCUT2D eigenvalue weighted by atomic mass is 32.1. The van der Waals surface area contributed by atoms with Crippen molar-refractivity contribution in [3.63, 3.8) is 0 Å². The molecule has 0 unspecified atom stereocenters. The molecule has 0 aromatic carbocycles. The first-order valence-corrected chi connectivity index (χ1v) is 9.47. The fourth-order valence-electron chi connectivity index (χ4n) is 3.76. The molecule has 1 amide bonds. The van der Waals surface area contributed by atoms with Gasteiger partial charge < -0.3 is 14.4 Å². The third-order valence-corrected chi connectivity index (χ3v) is 5.70. The maximum atomic E-state index is 12.7. The lowest BCUT2D eigenvalue weighted by atomic mass is 9.77. The first-order valence-electron chi connectivity index (χ1n) is 8.53. The van der Waals surface area contributed by atoms with Crippen molar-refractivity contribution in [2.24, 2.45) is 5.41 Å². The Morgan fingerprint density at radius 3 is 3.12 bits per heavy atom. The van der Waals surface area contributed by atoms with E-state index in [4.69, 9.17) is 9.47 Å². The monoisotopic (exact) mass is 359 g/mol. The third-order valence-electron chi connectivity index (χ3n) is 5.12. The van der Waals surface area contributed by atoms with Crippen LogP contribution in [-0.2, 0) is 16.1 Å². The Bertz CT molecular complexity index is 710. The minimum Gasteiger partial charge on any atom is -0.377 e. The van der Waals surface area contributed by atoms with Gasteiger partial charge in [-0.2, -0.15) is 0 Å². The molecule has 0 bridgehead atoms. The van der Waals surface area contributed by atoms with E-state index in [9.17, 15) is 4.79 Å². The van der Waals surface area contributed by atoms with E-state index < -0.39 is 0 Å². The molecular formula is C18H21N3O3S. The van der Waals surface area contributed by atoms with Gasteiger partial charge in [0.2, 0.25) is 0 Å². The molecule has 0 spiro atoms. The smallest absolute Gasteiger partial charge is 0.273 e. The number of pyridine rings is 1. The number of hydrogen-bond donors (Lipinski definition) is 0. The number of fused-ring (bicyclic) bond motifs is 1. The van der Waals surface area contributed by atoms with Gasteiger partial charge in [0.1, 0.15) is 5.69 Å². The van der Waals surface area contributed by atoms with Gasteiger partial charge in [-0.05, 0) is 30.5 Å². The number of thiazole rings is 1. The van der Waals surface area contributed by atoms with Crippen molar-refractivity contribution in [2.45, 2.75) is 25.6 Å². The Balaban J connectivity index is 1.43. The van der Waals surface area contributed by atoms with Gasteiger partial charge in [-0.1, -0.05) is 0 Å². The van der Waals surface area contributed by atoms with E-state index >= 15 is 0 Å². The number of ether oxygens (including phenoxy) is 2. The predicted octanol–water partition coefficient (Wildman–Crippen LogP) is 2.38. The number of nitrogens with zero attached hydrogens (tertiary/aromatic N) is 3. The highest BCUT2D eigenvalue weighted by Crippen LogP contribution is 2.41. The zero-order valence-corrected chi connectivity index (χ0v) is 14.8. The second kappa shape index (κ2) is 7.19. The quantitative estimate of drug-likeness (QED) is 0.820. The normalized spacial score (nSPS) is 25.8. The number of hydrogen-bond acceptors (Lipinski definition) is 6. The van der Waals surface area contributed by atoms with Gasteiger partial charge in [0.15, 0.2) is 0 Å². The molecule has 0 aliphatic carbocycles. The van der Waals surface area contributed by atoms with Crippen LogP contribution in [0, 0.1) is 5.41 Å². The average molecular weight is 359 g/mol. The standard InChI is InChI=1S/C18H21N3O3S/c22-17(15-10-25-13-20-15)21-7-3-16-18(11-21,4-8-24-16)12-23-9-14-1-5-19-6-2-14/h1-2,5-6,10,13,16H,3-4,7-9,11-12H2/t16-,18+/m1/s1. The molecule has 6 nitrogen and oxygen atoms in total. The zero-order valence-electron chi connectivity index (χ0n) is 14.0. The van der Waals surface area contributed by atoms with Crippen LogP contribution in [0.3, 0.4) is 0 Å². The van der Waals surface area contributed by atoms with E-state index in [1.54, 1.807) is 17.9 Å². The molecule has 2 aromatic heterocycles. The minimum atomic E-state index is -0.114. The lowest BCUT2D eigenvalue weighted by molar-refractivity contribution is -0.0602. The van der Waals surface area contributed by atoms with Crippen molar-refractivity contribution >= 4 is 17.2 Å². The van der Waals surface area contributed by atoms with Crippen molar-refractivity contribution in [3.8, 4) is 0 Å². The predicted molar refractivity (Wildman–Crippen MR) is 93.3 cm³/mol. The van der Waals surface area contributed by atoms with Crippen molar-refractivity contribution in [2.75, 3.05) is 26.3 Å². The van der Waals surface area contributed by atoms with Crippen LogP contribution in [0.25, 0.3) is 0 Å². The van der Waals surface area contributed by atoms with Crippen molar-refractivity contribution < 1.29 is 14.3 Å². The van der Waals surface area contributed by atoms with E-state index in [2.05, 4.69) is 9.97 Å². The maximum Gasteiger partial charge on any atom is 0.273 e. The zero-order chi connectivity index (χ0) is 17.1. The molecule has 2 atom stereocenters. The Morgan fingerprint density at radius 2 is 2.32 bits per heavy atom. The number of likely N-dealkylation sites (tertiary alicyclic amines) is 1. The molecule has 2 fully saturated rings. The second-order valence-electron chi connectivity index (χ2n) is 6.71. The molecule has 4 rings (SSSR count). The van der Waals surface area contributed by atoms with Crippen molar-refractivity contribution in [1.29, 1.82) is 0 Å². The number of rotatable bonds is 5. The molecule has 2 saturated heterocycles. The third kappa shape index (κ3) is 3.44. The van der Waals surface area contributed by atoms with Gasteiger partial charge in [0, 0.05) is 42.9 Å². The summed E-state index contributed by atoms with van der Waals surface area (Å²) in [5.41, 5.74) is 3.23. The SMILES string of the molecule is O=C(c1cscn1)N1CC[C@H]2OCC[C@@]2(COCc2ccncc2)C1. The summed E-state index contributed by atoms with van der Waals surface area (Å²) in [7, 11) is 0. The van der Waals surface area contributed by atoms with Crippen LogP contribution < -0.4 is 0 Å². The number of carbonyl (C=O) groups excluding carboxylic acids is 1. The molecule has 0 radical (unpaired) electrons. The summed E-state index contributed by atoms with van der Waals surface area (Å²) in [6.07, 6.45) is 5.49. The molecule has 25 heavy (non-hydrogen) atoms. The molecular weight excluding hydrogens is 338 g/mol. The molecule has 4 heterocycles. The Labute approximate surface area is 150 Å². The summed E-state index contributed by atoms with van der Waals surface area (Å²) in [5, 5.41) is 1.81. The molecule has 0 N–H and O–H groups in total. The molecule has 7 heteroatoms. The van der Waals surface area contributed by atoms with E-state index in [0.29, 0.717) is 32.0 Å². The second-order valence-corrected chi connectivity index (χ2v) is 7.43. The van der Waals surface area contributed by atoms with Gasteiger partial charge in [0.05, 0.1) is 24.8 Å². The Kier molecular flexibility index (Phi) is 4.78. The lowest BCUT2D eigenvalue weighted by Gasteiger charge is -2.43. The molecule has 132 valence electrons. The van der Waals surface area contributed by atoms with Crippen LogP contribution in [0.1, 0.15) is 28.9 Å². The largest absolute Gasteiger partial charge is 0.377 e. The number of piperidine rings is 1. The first-order chi connectivity index (χ1) is 12.3. The Morgan fingerprint density at radius 1 is 1.44 bits per heavy atom. The molecule has 2 aliphatic heterocycles. The number of amides is 1. The average Bonchev–Trinajstić information content (AvgIpc) is 3.31. The first kappa shape index (κ1) is 16.6. The fraction of sp³-hybridized carbons (Fsp3) is 0.500. The van der Waals surface area contributed by atoms with Crippen LogP contribution >= 0.6 is 11.3 Å². The van der Waals surface area contributed by atoms with Gasteiger partial charge in [0.25, 0.3) is 5.91 Å². The summed E-state index contributed by atoms with van der Waals surface area (Å²) < 4.78 is 12.0. The molecule has 2 aromatic rings. The van der Waals surface area contributed by atoms with Crippen LogP contribution in [-0.4, -0.2) is 53.2 Å². The fourth-order valence-corrected chi connectivity index (χ4v) is 4.29. The van der Waals surface area contributed by atoms with E-state index in [0.717, 1.165) is 25.0 Å². The van der Waals surface area contributed by atoms with E-state index in [1.807, 2.05) is 22.4 Å². The van der Waals surface area contributed by atoms with Crippen LogP contribution in [0.5, 0.6) is 0 Å². The van der Waals surface area contributed by atoms with Crippen LogP contribution in [0.15, 0.2) is 35.4 Å². The number of aromatic nitrogens is 2. The lowest BCUT2D eigenvalue weighted by Crippen LogP contribution is -2.53. The van der Waals surface area contributed by atoms with Crippen LogP contribution in [0.2, 0.25) is 0 Å². The van der Waals surface area contributed by atoms with E-state index in [1.165, 1.54) is 11.3 Å². The van der Waals surface area contributed by atoms with E-state index in [-0.39, 0.29) is 17.4 Å². The van der Waals surface area contributed by atoms with Gasteiger partial charge in [-0.3, -0.25) is 9.78 Å². The summed E-state index contributed by atoms with van der Waals surface area (Å²) in [4.78, 5) is 22.8. The highest BCUT2D eigenvalue weighted by molar-refractivity contribution is 7.07. The summed E-state index contributed by atoms with van der Waals surface area (Å²) in [6.45, 7) is 3.28. The highest BCUT2D eigenvalue weighted by Gasteiger charge is 2.49. The molecule has 2 aliphatic rings. The number of carbonyl (C=O) groups is 1. The summed E-state index contributed by atoms with van der Waals surface area (Å²) in [6, 6.07) is 3.92.